The summed E-state index contributed by atoms with van der Waals surface area (Å²) >= 11 is 0. The number of nitrogens with two attached hydrogens (primary N) is 1. The predicted octanol–water partition coefficient (Wildman–Crippen LogP) is 3.05. The van der Waals surface area contributed by atoms with Gasteiger partial charge in [0, 0.05) is 12.1 Å². The van der Waals surface area contributed by atoms with Gasteiger partial charge in [-0.25, -0.2) is 0 Å². The van der Waals surface area contributed by atoms with Crippen molar-refractivity contribution in [2.45, 2.75) is 44.6 Å². The third-order valence-corrected chi connectivity index (χ3v) is 4.17. The van der Waals surface area contributed by atoms with Crippen molar-refractivity contribution in [1.82, 2.24) is 0 Å². The van der Waals surface area contributed by atoms with Gasteiger partial charge in [0.25, 0.3) is 5.69 Å². The molecule has 5 heteroatoms. The van der Waals surface area contributed by atoms with Gasteiger partial charge in [-0.3, -0.25) is 10.1 Å². The number of hydrogen-bond acceptors (Lipinski definition) is 4. The minimum Gasteiger partial charge on any atom is -0.496 e. The molecular formula is C15H22N2O3. The van der Waals surface area contributed by atoms with E-state index in [1.165, 1.54) is 38.9 Å². The molecule has 0 radical (unpaired) electrons. The highest BCUT2D eigenvalue weighted by molar-refractivity contribution is 5.42. The Morgan fingerprint density at radius 2 is 2.10 bits per heavy atom. The van der Waals surface area contributed by atoms with Crippen molar-refractivity contribution in [3.8, 4) is 5.75 Å². The topological polar surface area (TPSA) is 78.4 Å². The lowest BCUT2D eigenvalue weighted by atomic mass is 9.93. The number of nitrogens with zero attached hydrogens (tertiary/aromatic N) is 1. The van der Waals surface area contributed by atoms with E-state index in [0.29, 0.717) is 11.7 Å². The van der Waals surface area contributed by atoms with Crippen LogP contribution < -0.4 is 10.5 Å². The maximum absolute atomic E-state index is 10.9. The Balaban J connectivity index is 2.00. The van der Waals surface area contributed by atoms with Crippen LogP contribution in [0.25, 0.3) is 0 Å². The third kappa shape index (κ3) is 3.70. The molecular weight excluding hydrogens is 256 g/mol. The monoisotopic (exact) mass is 278 g/mol. The van der Waals surface area contributed by atoms with Crippen molar-refractivity contribution in [3.05, 3.63) is 33.9 Å². The summed E-state index contributed by atoms with van der Waals surface area (Å²) in [4.78, 5) is 10.5. The van der Waals surface area contributed by atoms with Crippen LogP contribution in [-0.2, 0) is 6.42 Å². The average molecular weight is 278 g/mol. The highest BCUT2D eigenvalue weighted by Crippen LogP contribution is 2.29. The Hall–Kier alpha value is -1.62. The van der Waals surface area contributed by atoms with Gasteiger partial charge in [-0.05, 0) is 43.2 Å². The van der Waals surface area contributed by atoms with E-state index in [1.54, 1.807) is 6.07 Å². The van der Waals surface area contributed by atoms with Gasteiger partial charge in [0.05, 0.1) is 18.1 Å². The van der Waals surface area contributed by atoms with Crippen LogP contribution in [0.2, 0.25) is 0 Å². The molecule has 0 spiro atoms. The minimum absolute atomic E-state index is 0.0776. The molecule has 1 unspecified atom stereocenters. The van der Waals surface area contributed by atoms with Gasteiger partial charge < -0.3 is 10.5 Å². The van der Waals surface area contributed by atoms with Crippen molar-refractivity contribution in [1.29, 1.82) is 0 Å². The zero-order valence-corrected chi connectivity index (χ0v) is 11.9. The fourth-order valence-electron chi connectivity index (χ4n) is 2.97. The molecule has 0 amide bonds. The second-order valence-electron chi connectivity index (χ2n) is 5.54. The van der Waals surface area contributed by atoms with Gasteiger partial charge >= 0.3 is 0 Å². The van der Waals surface area contributed by atoms with Gasteiger partial charge in [-0.2, -0.15) is 0 Å². The Labute approximate surface area is 119 Å². The molecule has 0 aliphatic heterocycles. The van der Waals surface area contributed by atoms with Crippen LogP contribution in [-0.4, -0.2) is 18.1 Å². The molecule has 0 bridgehead atoms. The normalized spacial score (nSPS) is 17.1. The van der Waals surface area contributed by atoms with Gasteiger partial charge in [0.15, 0.2) is 0 Å². The molecule has 0 saturated heterocycles. The van der Waals surface area contributed by atoms with E-state index in [9.17, 15) is 10.1 Å². The molecule has 0 aromatic heterocycles. The summed E-state index contributed by atoms with van der Waals surface area (Å²) < 4.78 is 5.12. The maximum atomic E-state index is 10.9. The average Bonchev–Trinajstić information content (AvgIpc) is 2.98. The number of nitro benzene ring substituents is 1. The Kier molecular flexibility index (Phi) is 4.95. The minimum atomic E-state index is -0.386. The molecule has 1 aromatic carbocycles. The molecule has 20 heavy (non-hydrogen) atoms. The largest absolute Gasteiger partial charge is 0.496 e. The third-order valence-electron chi connectivity index (χ3n) is 4.17. The number of benzene rings is 1. The first-order valence-electron chi connectivity index (χ1n) is 7.18. The number of nitro groups is 1. The first kappa shape index (κ1) is 14.8. The summed E-state index contributed by atoms with van der Waals surface area (Å²) in [5.41, 5.74) is 7.23. The van der Waals surface area contributed by atoms with Crippen LogP contribution in [0, 0.1) is 16.0 Å². The smallest absolute Gasteiger partial charge is 0.273 e. The van der Waals surface area contributed by atoms with E-state index in [-0.39, 0.29) is 16.7 Å². The van der Waals surface area contributed by atoms with Crippen molar-refractivity contribution in [2.24, 2.45) is 11.7 Å². The van der Waals surface area contributed by atoms with E-state index < -0.39 is 0 Å². The Morgan fingerprint density at radius 3 is 2.70 bits per heavy atom. The highest BCUT2D eigenvalue weighted by Gasteiger charge is 2.22. The Morgan fingerprint density at radius 1 is 1.40 bits per heavy atom. The molecule has 0 heterocycles. The molecule has 110 valence electrons. The molecule has 1 aliphatic rings. The molecule has 1 fully saturated rings. The number of non-ortho nitro benzene ring substituents is 1. The first-order chi connectivity index (χ1) is 9.60. The van der Waals surface area contributed by atoms with Crippen LogP contribution in [0.1, 0.15) is 37.7 Å². The molecule has 2 N–H and O–H groups in total. The van der Waals surface area contributed by atoms with Crippen LogP contribution in [0.5, 0.6) is 5.75 Å². The summed E-state index contributed by atoms with van der Waals surface area (Å²) in [7, 11) is 1.52. The summed E-state index contributed by atoms with van der Waals surface area (Å²) in [6.07, 6.45) is 6.63. The highest BCUT2D eigenvalue weighted by atomic mass is 16.6. The van der Waals surface area contributed by atoms with Crippen molar-refractivity contribution in [2.75, 3.05) is 7.11 Å². The standard InChI is InChI=1S/C15H22N2O3/c1-20-14-9-11(8-13(10-14)17(18)19)6-7-15(16)12-4-2-3-5-12/h8-10,12,15H,2-7,16H2,1H3. The number of methoxy groups -OCH3 is 1. The van der Waals surface area contributed by atoms with Gasteiger partial charge in [0.2, 0.25) is 0 Å². The SMILES string of the molecule is COc1cc(CCC(N)C2CCCC2)cc([N+](=O)[O-])c1. The fraction of sp³-hybridized carbons (Fsp3) is 0.600. The van der Waals surface area contributed by atoms with Crippen LogP contribution in [0.3, 0.4) is 0 Å². The zero-order valence-electron chi connectivity index (χ0n) is 11.9. The first-order valence-corrected chi connectivity index (χ1v) is 7.18. The Bertz CT molecular complexity index is 470. The lowest BCUT2D eigenvalue weighted by Crippen LogP contribution is -2.28. The number of ether oxygens (including phenoxy) is 1. The van der Waals surface area contributed by atoms with E-state index in [2.05, 4.69) is 0 Å². The molecule has 2 rings (SSSR count). The number of rotatable bonds is 6. The molecule has 1 aliphatic carbocycles. The van der Waals surface area contributed by atoms with Crippen LogP contribution >= 0.6 is 0 Å². The van der Waals surface area contributed by atoms with E-state index in [0.717, 1.165) is 18.4 Å². The second kappa shape index (κ2) is 6.70. The van der Waals surface area contributed by atoms with Crippen molar-refractivity contribution < 1.29 is 9.66 Å². The quantitative estimate of drug-likeness (QED) is 0.640. The molecule has 1 saturated carbocycles. The summed E-state index contributed by atoms with van der Waals surface area (Å²) in [6, 6.07) is 5.11. The van der Waals surface area contributed by atoms with E-state index >= 15 is 0 Å². The van der Waals surface area contributed by atoms with Gasteiger partial charge in [-0.15, -0.1) is 0 Å². The molecule has 1 atom stereocenters. The van der Waals surface area contributed by atoms with Crippen LogP contribution in [0.4, 0.5) is 5.69 Å². The zero-order chi connectivity index (χ0) is 14.5. The summed E-state index contributed by atoms with van der Waals surface area (Å²) in [5.74, 6) is 1.15. The molecule has 5 nitrogen and oxygen atoms in total. The van der Waals surface area contributed by atoms with E-state index in [1.807, 2.05) is 6.07 Å². The van der Waals surface area contributed by atoms with Gasteiger partial charge in [-0.1, -0.05) is 12.8 Å². The van der Waals surface area contributed by atoms with E-state index in [4.69, 9.17) is 10.5 Å². The lowest BCUT2D eigenvalue weighted by Gasteiger charge is -2.18. The number of aryl methyl sites for hydroxylation is 1. The summed E-state index contributed by atoms with van der Waals surface area (Å²) in [6.45, 7) is 0. The van der Waals surface area contributed by atoms with Crippen molar-refractivity contribution >= 4 is 5.69 Å². The fourth-order valence-corrected chi connectivity index (χ4v) is 2.97. The predicted molar refractivity (Wildman–Crippen MR) is 77.9 cm³/mol. The summed E-state index contributed by atoms with van der Waals surface area (Å²) in [5, 5.41) is 10.9. The number of hydrogen-bond donors (Lipinski definition) is 1. The maximum Gasteiger partial charge on any atom is 0.273 e. The lowest BCUT2D eigenvalue weighted by molar-refractivity contribution is -0.385. The second-order valence-corrected chi connectivity index (χ2v) is 5.54. The van der Waals surface area contributed by atoms with Crippen LogP contribution in [0.15, 0.2) is 18.2 Å². The van der Waals surface area contributed by atoms with Gasteiger partial charge in [0.1, 0.15) is 5.75 Å². The van der Waals surface area contributed by atoms with Crippen molar-refractivity contribution in [3.63, 3.8) is 0 Å². The molecule has 1 aromatic rings.